The number of rotatable bonds is 4. The van der Waals surface area contributed by atoms with Gasteiger partial charge < -0.3 is 4.74 Å². The van der Waals surface area contributed by atoms with Gasteiger partial charge in [-0.3, -0.25) is 10.1 Å². The third-order valence-corrected chi connectivity index (χ3v) is 4.32. The van der Waals surface area contributed by atoms with Crippen LogP contribution in [0.2, 0.25) is 0 Å². The van der Waals surface area contributed by atoms with Crippen molar-refractivity contribution in [2.24, 2.45) is 0 Å². The number of hydrogen-bond acceptors (Lipinski definition) is 6. The number of aryl methyl sites for hydroxylation is 1. The average molecular weight is 328 g/mol. The van der Waals surface area contributed by atoms with Crippen LogP contribution in [0, 0.1) is 17.0 Å². The summed E-state index contributed by atoms with van der Waals surface area (Å²) in [6, 6.07) is 12.2. The number of benzene rings is 2. The molecule has 0 N–H and O–H groups in total. The molecule has 0 aliphatic rings. The molecule has 0 fully saturated rings. The van der Waals surface area contributed by atoms with Gasteiger partial charge in [-0.15, -0.1) is 11.3 Å². The quantitative estimate of drug-likeness (QED) is 0.412. The van der Waals surface area contributed by atoms with E-state index in [2.05, 4.69) is 4.98 Å². The zero-order valence-electron chi connectivity index (χ0n) is 12.2. The van der Waals surface area contributed by atoms with Crippen LogP contribution in [-0.4, -0.2) is 15.9 Å². The maximum absolute atomic E-state index is 12.2. The summed E-state index contributed by atoms with van der Waals surface area (Å²) in [5.74, 6) is -0.723. The van der Waals surface area contributed by atoms with Crippen LogP contribution in [0.25, 0.3) is 10.2 Å². The van der Waals surface area contributed by atoms with Crippen molar-refractivity contribution in [2.45, 2.75) is 13.5 Å². The van der Waals surface area contributed by atoms with Crippen LogP contribution in [0.3, 0.4) is 0 Å². The summed E-state index contributed by atoms with van der Waals surface area (Å²) in [4.78, 5) is 27.1. The van der Waals surface area contributed by atoms with Crippen molar-refractivity contribution in [1.82, 2.24) is 4.98 Å². The van der Waals surface area contributed by atoms with Crippen molar-refractivity contribution in [3.05, 3.63) is 68.7 Å². The van der Waals surface area contributed by atoms with Crippen molar-refractivity contribution in [2.75, 3.05) is 0 Å². The molecule has 0 amide bonds. The zero-order valence-corrected chi connectivity index (χ0v) is 13.0. The van der Waals surface area contributed by atoms with Crippen LogP contribution in [0.1, 0.15) is 20.9 Å². The van der Waals surface area contributed by atoms with E-state index < -0.39 is 10.9 Å². The molecule has 1 aromatic heterocycles. The molecular weight excluding hydrogens is 316 g/mol. The van der Waals surface area contributed by atoms with Gasteiger partial charge in [-0.2, -0.15) is 0 Å². The highest BCUT2D eigenvalue weighted by atomic mass is 32.1. The van der Waals surface area contributed by atoms with E-state index in [1.165, 1.54) is 17.4 Å². The SMILES string of the molecule is Cc1cccc(C(=O)OCc2nc3ccccc3s2)c1[N+](=O)[O-]. The van der Waals surface area contributed by atoms with E-state index in [1.807, 2.05) is 24.3 Å². The van der Waals surface area contributed by atoms with E-state index in [4.69, 9.17) is 4.74 Å². The van der Waals surface area contributed by atoms with Gasteiger partial charge >= 0.3 is 5.97 Å². The number of carbonyl (C=O) groups excluding carboxylic acids is 1. The maximum Gasteiger partial charge on any atom is 0.345 e. The molecule has 0 spiro atoms. The highest BCUT2D eigenvalue weighted by Gasteiger charge is 2.23. The molecule has 0 saturated heterocycles. The van der Waals surface area contributed by atoms with Gasteiger partial charge in [0.05, 0.1) is 15.1 Å². The smallest absolute Gasteiger partial charge is 0.345 e. The van der Waals surface area contributed by atoms with E-state index in [0.717, 1.165) is 10.2 Å². The number of carbonyl (C=O) groups is 1. The Morgan fingerprint density at radius 2 is 2.04 bits per heavy atom. The predicted molar refractivity (Wildman–Crippen MR) is 86.6 cm³/mol. The second-order valence-electron chi connectivity index (χ2n) is 4.88. The fourth-order valence-electron chi connectivity index (χ4n) is 2.25. The summed E-state index contributed by atoms with van der Waals surface area (Å²) >= 11 is 1.43. The first-order valence-corrected chi connectivity index (χ1v) is 7.63. The van der Waals surface area contributed by atoms with E-state index in [9.17, 15) is 14.9 Å². The Kier molecular flexibility index (Phi) is 4.03. The predicted octanol–water partition coefficient (Wildman–Crippen LogP) is 3.87. The van der Waals surface area contributed by atoms with Crippen LogP contribution < -0.4 is 0 Å². The second kappa shape index (κ2) is 6.13. The topological polar surface area (TPSA) is 82.3 Å². The Labute approximate surface area is 135 Å². The minimum atomic E-state index is -0.723. The van der Waals surface area contributed by atoms with Gasteiger partial charge in [0.2, 0.25) is 0 Å². The lowest BCUT2D eigenvalue weighted by atomic mass is 10.1. The van der Waals surface area contributed by atoms with E-state index in [-0.39, 0.29) is 17.9 Å². The molecule has 0 bridgehead atoms. The Hall–Kier alpha value is -2.80. The van der Waals surface area contributed by atoms with E-state index in [0.29, 0.717) is 10.6 Å². The van der Waals surface area contributed by atoms with Gasteiger partial charge in [0.15, 0.2) is 0 Å². The monoisotopic (exact) mass is 328 g/mol. The Morgan fingerprint density at radius 1 is 1.26 bits per heavy atom. The molecule has 0 saturated carbocycles. The molecule has 23 heavy (non-hydrogen) atoms. The first-order valence-electron chi connectivity index (χ1n) is 6.82. The fraction of sp³-hybridized carbons (Fsp3) is 0.125. The van der Waals surface area contributed by atoms with Gasteiger partial charge in [-0.1, -0.05) is 24.3 Å². The largest absolute Gasteiger partial charge is 0.455 e. The summed E-state index contributed by atoms with van der Waals surface area (Å²) in [5.41, 5.74) is 0.993. The molecule has 0 aliphatic carbocycles. The van der Waals surface area contributed by atoms with Crippen LogP contribution in [0.15, 0.2) is 42.5 Å². The molecule has 1 heterocycles. The normalized spacial score (nSPS) is 10.7. The van der Waals surface area contributed by atoms with Crippen LogP contribution in [0.5, 0.6) is 0 Å². The minimum Gasteiger partial charge on any atom is -0.455 e. The highest BCUT2D eigenvalue weighted by molar-refractivity contribution is 7.18. The van der Waals surface area contributed by atoms with Crippen LogP contribution in [-0.2, 0) is 11.3 Å². The van der Waals surface area contributed by atoms with Gasteiger partial charge in [0.25, 0.3) is 5.69 Å². The summed E-state index contributed by atoms with van der Waals surface area (Å²) in [6.07, 6.45) is 0. The van der Waals surface area contributed by atoms with Crippen molar-refractivity contribution in [3.8, 4) is 0 Å². The molecule has 3 aromatic rings. The first-order chi connectivity index (χ1) is 11.1. The molecule has 0 radical (unpaired) electrons. The van der Waals surface area contributed by atoms with Crippen LogP contribution >= 0.6 is 11.3 Å². The van der Waals surface area contributed by atoms with Gasteiger partial charge in [0, 0.05) is 5.56 Å². The highest BCUT2D eigenvalue weighted by Crippen LogP contribution is 2.25. The number of nitro benzene ring substituents is 1. The van der Waals surface area contributed by atoms with Crippen LogP contribution in [0.4, 0.5) is 5.69 Å². The fourth-order valence-corrected chi connectivity index (χ4v) is 3.13. The van der Waals surface area contributed by atoms with Crippen molar-refractivity contribution in [1.29, 1.82) is 0 Å². The lowest BCUT2D eigenvalue weighted by molar-refractivity contribution is -0.385. The number of aromatic nitrogens is 1. The Morgan fingerprint density at radius 3 is 2.78 bits per heavy atom. The molecule has 116 valence electrons. The summed E-state index contributed by atoms with van der Waals surface area (Å²) in [5, 5.41) is 11.8. The van der Waals surface area contributed by atoms with Gasteiger partial charge in [-0.05, 0) is 25.1 Å². The van der Waals surface area contributed by atoms with E-state index >= 15 is 0 Å². The summed E-state index contributed by atoms with van der Waals surface area (Å²) in [7, 11) is 0. The standard InChI is InChI=1S/C16H12N2O4S/c1-10-5-4-6-11(15(10)18(20)21)16(19)22-9-14-17-12-7-2-3-8-13(12)23-14/h2-8H,9H2,1H3. The number of esters is 1. The minimum absolute atomic E-state index is 0.0106. The Balaban J connectivity index is 1.80. The molecule has 7 heteroatoms. The first kappa shape index (κ1) is 15.1. The van der Waals surface area contributed by atoms with Gasteiger partial charge in [0.1, 0.15) is 17.2 Å². The number of ether oxygens (including phenoxy) is 1. The van der Waals surface area contributed by atoms with Crippen molar-refractivity contribution >= 4 is 33.2 Å². The molecule has 0 atom stereocenters. The molecule has 0 unspecified atom stereocenters. The number of nitrogens with zero attached hydrogens (tertiary/aromatic N) is 2. The lowest BCUT2D eigenvalue weighted by Crippen LogP contribution is -2.09. The summed E-state index contributed by atoms with van der Waals surface area (Å²) in [6.45, 7) is 1.58. The number of para-hydroxylation sites is 2. The third-order valence-electron chi connectivity index (χ3n) is 3.31. The lowest BCUT2D eigenvalue weighted by Gasteiger charge is -2.05. The number of thiazole rings is 1. The molecule has 2 aromatic carbocycles. The van der Waals surface area contributed by atoms with Gasteiger partial charge in [-0.25, -0.2) is 9.78 Å². The number of fused-ring (bicyclic) bond motifs is 1. The summed E-state index contributed by atoms with van der Waals surface area (Å²) < 4.78 is 6.19. The van der Waals surface area contributed by atoms with Crippen molar-refractivity contribution < 1.29 is 14.5 Å². The molecule has 6 nitrogen and oxygen atoms in total. The number of nitro groups is 1. The van der Waals surface area contributed by atoms with E-state index in [1.54, 1.807) is 19.1 Å². The van der Waals surface area contributed by atoms with Crippen molar-refractivity contribution in [3.63, 3.8) is 0 Å². The Bertz CT molecular complexity index is 871. The third kappa shape index (κ3) is 3.04. The second-order valence-corrected chi connectivity index (χ2v) is 5.99. The molecular formula is C16H12N2O4S. The molecule has 0 aliphatic heterocycles. The number of hydrogen-bond donors (Lipinski definition) is 0. The average Bonchev–Trinajstić information content (AvgIpc) is 2.94. The maximum atomic E-state index is 12.2. The zero-order chi connectivity index (χ0) is 16.4. The molecule has 3 rings (SSSR count).